The highest BCUT2D eigenvalue weighted by molar-refractivity contribution is 5.91. The molecule has 1 aromatic rings. The lowest BCUT2D eigenvalue weighted by molar-refractivity contribution is -0.157. The third-order valence-corrected chi connectivity index (χ3v) is 3.16. The molecule has 2 rings (SSSR count). The molecule has 1 amide bonds. The Kier molecular flexibility index (Phi) is 1.82. The van der Waals surface area contributed by atoms with E-state index in [4.69, 9.17) is 5.73 Å². The summed E-state index contributed by atoms with van der Waals surface area (Å²) in [6, 6.07) is 3.35. The van der Waals surface area contributed by atoms with E-state index in [1.54, 1.807) is 24.3 Å². The first-order chi connectivity index (χ1) is 6.58. The van der Waals surface area contributed by atoms with Crippen molar-refractivity contribution >= 4 is 5.91 Å². The SMILES string of the molecule is CN1C(=O)[C@H](N)[C@@]1(C)c1ccncc1. The molecule has 0 spiro atoms. The van der Waals surface area contributed by atoms with Gasteiger partial charge in [-0.2, -0.15) is 0 Å². The van der Waals surface area contributed by atoms with Crippen LogP contribution in [0.1, 0.15) is 12.5 Å². The zero-order valence-electron chi connectivity index (χ0n) is 8.27. The van der Waals surface area contributed by atoms with Gasteiger partial charge >= 0.3 is 0 Å². The number of likely N-dealkylation sites (N-methyl/N-ethyl adjacent to an activating group) is 1. The molecule has 4 nitrogen and oxygen atoms in total. The first kappa shape index (κ1) is 9.15. The second kappa shape index (κ2) is 2.78. The van der Waals surface area contributed by atoms with E-state index in [2.05, 4.69) is 4.98 Å². The zero-order chi connectivity index (χ0) is 10.3. The second-order valence-electron chi connectivity index (χ2n) is 3.76. The summed E-state index contributed by atoms with van der Waals surface area (Å²) in [5.74, 6) is -0.00990. The van der Waals surface area contributed by atoms with Gasteiger partial charge in [-0.1, -0.05) is 0 Å². The predicted molar refractivity (Wildman–Crippen MR) is 52.3 cm³/mol. The van der Waals surface area contributed by atoms with Gasteiger partial charge in [0.1, 0.15) is 6.04 Å². The molecule has 2 N–H and O–H groups in total. The van der Waals surface area contributed by atoms with E-state index in [0.717, 1.165) is 5.56 Å². The summed E-state index contributed by atoms with van der Waals surface area (Å²) in [5, 5.41) is 0. The molecule has 0 unspecified atom stereocenters. The van der Waals surface area contributed by atoms with E-state index in [-0.39, 0.29) is 11.4 Å². The largest absolute Gasteiger partial charge is 0.333 e. The first-order valence-corrected chi connectivity index (χ1v) is 4.52. The van der Waals surface area contributed by atoms with E-state index in [9.17, 15) is 4.79 Å². The highest BCUT2D eigenvalue weighted by Crippen LogP contribution is 2.38. The number of carbonyl (C=O) groups is 1. The highest BCUT2D eigenvalue weighted by Gasteiger charge is 2.53. The fourth-order valence-electron chi connectivity index (χ4n) is 1.88. The Morgan fingerprint density at radius 1 is 1.50 bits per heavy atom. The number of rotatable bonds is 1. The Labute approximate surface area is 82.7 Å². The van der Waals surface area contributed by atoms with Gasteiger partial charge in [-0.25, -0.2) is 0 Å². The number of β-lactam (4-membered cyclic amide) rings is 1. The number of hydrogen-bond acceptors (Lipinski definition) is 3. The number of aromatic nitrogens is 1. The fraction of sp³-hybridized carbons (Fsp3) is 0.400. The second-order valence-corrected chi connectivity index (χ2v) is 3.76. The molecule has 1 fully saturated rings. The predicted octanol–water partition coefficient (Wildman–Crippen LogP) is 0.0961. The molecule has 1 aromatic heterocycles. The lowest BCUT2D eigenvalue weighted by Crippen LogP contribution is -2.72. The van der Waals surface area contributed by atoms with Crippen LogP contribution in [0.5, 0.6) is 0 Å². The molecule has 1 saturated heterocycles. The average Bonchev–Trinajstić information content (AvgIpc) is 2.27. The fourth-order valence-corrected chi connectivity index (χ4v) is 1.88. The summed E-state index contributed by atoms with van der Waals surface area (Å²) in [5.41, 5.74) is 6.47. The molecule has 4 heteroatoms. The minimum atomic E-state index is -0.435. The number of nitrogens with two attached hydrogens (primary N) is 1. The Morgan fingerprint density at radius 2 is 2.07 bits per heavy atom. The standard InChI is InChI=1S/C10H13N3O/c1-10(7-3-5-12-6-4-7)8(11)9(14)13(10)2/h3-6,8H,11H2,1-2H3/t8-,10+/m0/s1. The van der Waals surface area contributed by atoms with Crippen molar-refractivity contribution in [3.05, 3.63) is 30.1 Å². The molecule has 14 heavy (non-hydrogen) atoms. The van der Waals surface area contributed by atoms with Crippen LogP contribution in [0.25, 0.3) is 0 Å². The van der Waals surface area contributed by atoms with Crippen LogP contribution >= 0.6 is 0 Å². The molecule has 1 aliphatic heterocycles. The molecule has 1 aliphatic rings. The maximum Gasteiger partial charge on any atom is 0.242 e. The van der Waals surface area contributed by atoms with Gasteiger partial charge in [0.2, 0.25) is 5.91 Å². The summed E-state index contributed by atoms with van der Waals surface area (Å²) in [6.07, 6.45) is 3.42. The van der Waals surface area contributed by atoms with Crippen LogP contribution in [0.15, 0.2) is 24.5 Å². The van der Waals surface area contributed by atoms with Crippen molar-refractivity contribution in [2.24, 2.45) is 5.73 Å². The lowest BCUT2D eigenvalue weighted by atomic mass is 9.76. The van der Waals surface area contributed by atoms with E-state index < -0.39 is 6.04 Å². The number of pyridine rings is 1. The quantitative estimate of drug-likeness (QED) is 0.640. The maximum atomic E-state index is 11.3. The summed E-state index contributed by atoms with van der Waals surface area (Å²) in [6.45, 7) is 1.97. The van der Waals surface area contributed by atoms with Crippen LogP contribution in [0.2, 0.25) is 0 Å². The van der Waals surface area contributed by atoms with E-state index in [0.29, 0.717) is 0 Å². The molecule has 0 radical (unpaired) electrons. The van der Waals surface area contributed by atoms with Crippen LogP contribution in [-0.4, -0.2) is 28.9 Å². The molecule has 0 aliphatic carbocycles. The Bertz CT molecular complexity index is 351. The van der Waals surface area contributed by atoms with Gasteiger partial charge in [0.25, 0.3) is 0 Å². The molecule has 2 heterocycles. The Balaban J connectivity index is 2.40. The van der Waals surface area contributed by atoms with Crippen LogP contribution in [0.4, 0.5) is 0 Å². The lowest BCUT2D eigenvalue weighted by Gasteiger charge is -2.52. The van der Waals surface area contributed by atoms with Crippen LogP contribution in [0, 0.1) is 0 Å². The Hall–Kier alpha value is -1.42. The van der Waals surface area contributed by atoms with Crippen molar-refractivity contribution in [1.82, 2.24) is 9.88 Å². The summed E-state index contributed by atoms with van der Waals surface area (Å²) in [4.78, 5) is 17.0. The van der Waals surface area contributed by atoms with Crippen LogP contribution in [0.3, 0.4) is 0 Å². The molecule has 0 saturated carbocycles. The van der Waals surface area contributed by atoms with Gasteiger partial charge in [-0.05, 0) is 24.6 Å². The van der Waals surface area contributed by atoms with Crippen molar-refractivity contribution in [2.45, 2.75) is 18.5 Å². The van der Waals surface area contributed by atoms with Crippen molar-refractivity contribution in [1.29, 1.82) is 0 Å². The number of nitrogens with zero attached hydrogens (tertiary/aromatic N) is 2. The van der Waals surface area contributed by atoms with E-state index in [1.165, 1.54) is 0 Å². The van der Waals surface area contributed by atoms with Crippen molar-refractivity contribution in [3.8, 4) is 0 Å². The highest BCUT2D eigenvalue weighted by atomic mass is 16.2. The molecule has 2 atom stereocenters. The zero-order valence-corrected chi connectivity index (χ0v) is 8.27. The third-order valence-electron chi connectivity index (χ3n) is 3.16. The van der Waals surface area contributed by atoms with E-state index >= 15 is 0 Å². The van der Waals surface area contributed by atoms with Gasteiger partial charge < -0.3 is 10.6 Å². The van der Waals surface area contributed by atoms with Gasteiger partial charge in [-0.3, -0.25) is 9.78 Å². The number of hydrogen-bond donors (Lipinski definition) is 1. The van der Waals surface area contributed by atoms with E-state index in [1.807, 2.05) is 19.1 Å². The average molecular weight is 191 g/mol. The van der Waals surface area contributed by atoms with Crippen LogP contribution in [-0.2, 0) is 10.3 Å². The summed E-state index contributed by atoms with van der Waals surface area (Å²) < 4.78 is 0. The number of likely N-dealkylation sites (tertiary alicyclic amines) is 1. The molecule has 74 valence electrons. The molecular formula is C10H13N3O. The monoisotopic (exact) mass is 191 g/mol. The van der Waals surface area contributed by atoms with Crippen molar-refractivity contribution in [3.63, 3.8) is 0 Å². The Morgan fingerprint density at radius 3 is 2.57 bits per heavy atom. The molecule has 0 aromatic carbocycles. The van der Waals surface area contributed by atoms with Crippen molar-refractivity contribution < 1.29 is 4.79 Å². The summed E-state index contributed by atoms with van der Waals surface area (Å²) in [7, 11) is 1.77. The summed E-state index contributed by atoms with van der Waals surface area (Å²) >= 11 is 0. The molecular weight excluding hydrogens is 178 g/mol. The smallest absolute Gasteiger partial charge is 0.242 e. The molecule has 0 bridgehead atoms. The normalized spacial score (nSPS) is 31.5. The van der Waals surface area contributed by atoms with Gasteiger partial charge in [-0.15, -0.1) is 0 Å². The minimum absolute atomic E-state index is 0.00990. The van der Waals surface area contributed by atoms with Gasteiger partial charge in [0, 0.05) is 19.4 Å². The minimum Gasteiger partial charge on any atom is -0.333 e. The topological polar surface area (TPSA) is 59.2 Å². The van der Waals surface area contributed by atoms with Crippen LogP contribution < -0.4 is 5.73 Å². The maximum absolute atomic E-state index is 11.3. The van der Waals surface area contributed by atoms with Gasteiger partial charge in [0.05, 0.1) is 5.54 Å². The van der Waals surface area contributed by atoms with Crippen molar-refractivity contribution in [2.75, 3.05) is 7.05 Å². The first-order valence-electron chi connectivity index (χ1n) is 4.52. The van der Waals surface area contributed by atoms with Gasteiger partial charge in [0.15, 0.2) is 0 Å². The number of carbonyl (C=O) groups excluding carboxylic acids is 1. The third kappa shape index (κ3) is 0.915. The number of amides is 1.